The molecule has 142 valence electrons. The van der Waals surface area contributed by atoms with Crippen molar-refractivity contribution in [3.63, 3.8) is 0 Å². The quantitative estimate of drug-likeness (QED) is 0.411. The van der Waals surface area contributed by atoms with Gasteiger partial charge in [-0.05, 0) is 36.8 Å². The average molecular weight is 400 g/mol. The number of aromatic nitrogens is 3. The van der Waals surface area contributed by atoms with Gasteiger partial charge in [-0.15, -0.1) is 0 Å². The van der Waals surface area contributed by atoms with Crippen LogP contribution in [0.15, 0.2) is 83.7 Å². The number of nitrogens with zero attached hydrogens (tertiary/aromatic N) is 3. The minimum atomic E-state index is -0.108. The van der Waals surface area contributed by atoms with Crippen molar-refractivity contribution in [3.8, 4) is 11.3 Å². The molecule has 3 aromatic carbocycles. The van der Waals surface area contributed by atoms with Crippen LogP contribution < -0.4 is 5.56 Å². The molecule has 0 saturated carbocycles. The van der Waals surface area contributed by atoms with Gasteiger partial charge in [0, 0.05) is 16.7 Å². The van der Waals surface area contributed by atoms with E-state index in [4.69, 9.17) is 16.6 Å². The molecule has 29 heavy (non-hydrogen) atoms. The Kier molecular flexibility index (Phi) is 4.22. The van der Waals surface area contributed by atoms with Crippen LogP contribution in [0.4, 0.5) is 0 Å². The third kappa shape index (κ3) is 3.12. The number of para-hydroxylation sites is 2. The van der Waals surface area contributed by atoms with Gasteiger partial charge in [-0.3, -0.25) is 4.79 Å². The van der Waals surface area contributed by atoms with Crippen LogP contribution in [0.25, 0.3) is 28.1 Å². The van der Waals surface area contributed by atoms with Gasteiger partial charge in [-0.2, -0.15) is 0 Å². The summed E-state index contributed by atoms with van der Waals surface area (Å²) in [6.07, 6.45) is 0. The zero-order chi connectivity index (χ0) is 20.0. The first-order valence-electron chi connectivity index (χ1n) is 9.43. The highest BCUT2D eigenvalue weighted by Gasteiger charge is 2.15. The van der Waals surface area contributed by atoms with Crippen molar-refractivity contribution in [2.45, 2.75) is 13.5 Å². The zero-order valence-corrected chi connectivity index (χ0v) is 16.6. The third-order valence-electron chi connectivity index (χ3n) is 5.14. The third-order valence-corrected chi connectivity index (χ3v) is 5.37. The Balaban J connectivity index is 1.79. The maximum absolute atomic E-state index is 13.1. The maximum Gasteiger partial charge on any atom is 0.260 e. The van der Waals surface area contributed by atoms with Gasteiger partial charge in [-0.1, -0.05) is 65.7 Å². The molecule has 0 spiro atoms. The molecule has 5 aromatic rings. The number of halogens is 1. The number of hydrogen-bond acceptors (Lipinski definition) is 2. The molecule has 0 fully saturated rings. The standard InChI is InChI=1S/C24H18ClN3O/c1-16-9-11-17(12-10-16)15-27-21-7-2-3-8-22(21)28-23(29)14-20(26-24(27)28)18-5-4-6-19(25)13-18/h2-14H,15H2,1H3. The van der Waals surface area contributed by atoms with Gasteiger partial charge in [0.1, 0.15) is 0 Å². The van der Waals surface area contributed by atoms with E-state index in [1.165, 1.54) is 5.56 Å². The van der Waals surface area contributed by atoms with Gasteiger partial charge in [0.25, 0.3) is 5.56 Å². The SMILES string of the molecule is Cc1ccc(Cn2c3ccccc3n3c(=O)cc(-c4cccc(Cl)c4)nc23)cc1. The second-order valence-corrected chi connectivity index (χ2v) is 7.62. The lowest BCUT2D eigenvalue weighted by Gasteiger charge is -2.08. The highest BCUT2D eigenvalue weighted by atomic mass is 35.5. The number of hydrogen-bond donors (Lipinski definition) is 0. The molecule has 0 aliphatic rings. The first-order valence-corrected chi connectivity index (χ1v) is 9.80. The zero-order valence-electron chi connectivity index (χ0n) is 15.8. The minimum Gasteiger partial charge on any atom is -0.305 e. The smallest absolute Gasteiger partial charge is 0.260 e. The summed E-state index contributed by atoms with van der Waals surface area (Å²) in [6, 6.07) is 25.3. The van der Waals surface area contributed by atoms with E-state index in [1.807, 2.05) is 48.5 Å². The van der Waals surface area contributed by atoms with E-state index < -0.39 is 0 Å². The fourth-order valence-corrected chi connectivity index (χ4v) is 3.88. The Morgan fingerprint density at radius 3 is 2.41 bits per heavy atom. The van der Waals surface area contributed by atoms with E-state index in [9.17, 15) is 4.79 Å². The number of fused-ring (bicyclic) bond motifs is 3. The molecule has 0 radical (unpaired) electrons. The van der Waals surface area contributed by atoms with Crippen molar-refractivity contribution in [3.05, 3.63) is 105 Å². The Morgan fingerprint density at radius 2 is 1.66 bits per heavy atom. The largest absolute Gasteiger partial charge is 0.305 e. The molecule has 2 heterocycles. The van der Waals surface area contributed by atoms with E-state index in [0.29, 0.717) is 23.0 Å². The van der Waals surface area contributed by atoms with Crippen molar-refractivity contribution < 1.29 is 0 Å². The topological polar surface area (TPSA) is 39.3 Å². The van der Waals surface area contributed by atoms with Gasteiger partial charge in [0.15, 0.2) is 0 Å². The fraction of sp³-hybridized carbons (Fsp3) is 0.0833. The number of rotatable bonds is 3. The Labute approximate surface area is 172 Å². The van der Waals surface area contributed by atoms with Crippen molar-refractivity contribution in [2.24, 2.45) is 0 Å². The highest BCUT2D eigenvalue weighted by Crippen LogP contribution is 2.24. The summed E-state index contributed by atoms with van der Waals surface area (Å²) < 4.78 is 3.77. The molecule has 0 unspecified atom stereocenters. The van der Waals surface area contributed by atoms with Gasteiger partial charge >= 0.3 is 0 Å². The van der Waals surface area contributed by atoms with Crippen molar-refractivity contribution in [1.82, 2.24) is 14.0 Å². The molecule has 2 aromatic heterocycles. The first-order chi connectivity index (χ1) is 14.1. The molecule has 0 aliphatic carbocycles. The molecule has 5 heteroatoms. The summed E-state index contributed by atoms with van der Waals surface area (Å²) in [5.74, 6) is 0.620. The molecular formula is C24H18ClN3O. The Hall–Kier alpha value is -3.37. The van der Waals surface area contributed by atoms with E-state index in [-0.39, 0.29) is 5.56 Å². The number of aryl methyl sites for hydroxylation is 1. The van der Waals surface area contributed by atoms with E-state index in [2.05, 4.69) is 35.8 Å². The fourth-order valence-electron chi connectivity index (χ4n) is 3.69. The van der Waals surface area contributed by atoms with Crippen LogP contribution in [0.2, 0.25) is 5.02 Å². The predicted molar refractivity (Wildman–Crippen MR) is 118 cm³/mol. The van der Waals surface area contributed by atoms with Crippen LogP contribution >= 0.6 is 11.6 Å². The van der Waals surface area contributed by atoms with Gasteiger partial charge in [-0.25, -0.2) is 9.38 Å². The summed E-state index contributed by atoms with van der Waals surface area (Å²) in [5.41, 5.74) is 5.53. The van der Waals surface area contributed by atoms with E-state index in [0.717, 1.165) is 22.2 Å². The first kappa shape index (κ1) is 17.7. The van der Waals surface area contributed by atoms with Crippen LogP contribution in [0.1, 0.15) is 11.1 Å². The number of imidazole rings is 1. The average Bonchev–Trinajstić information content (AvgIpc) is 3.04. The molecule has 0 amide bonds. The van der Waals surface area contributed by atoms with Crippen molar-refractivity contribution in [1.29, 1.82) is 0 Å². The summed E-state index contributed by atoms with van der Waals surface area (Å²) in [6.45, 7) is 2.70. The molecule has 0 N–H and O–H groups in total. The van der Waals surface area contributed by atoms with Crippen molar-refractivity contribution in [2.75, 3.05) is 0 Å². The van der Waals surface area contributed by atoms with Crippen LogP contribution in [-0.2, 0) is 6.54 Å². The maximum atomic E-state index is 13.1. The highest BCUT2D eigenvalue weighted by molar-refractivity contribution is 6.30. The monoisotopic (exact) mass is 399 g/mol. The second kappa shape index (κ2) is 6.90. The van der Waals surface area contributed by atoms with Crippen LogP contribution in [0, 0.1) is 6.92 Å². The van der Waals surface area contributed by atoms with Crippen LogP contribution in [0.5, 0.6) is 0 Å². The van der Waals surface area contributed by atoms with E-state index >= 15 is 0 Å². The lowest BCUT2D eigenvalue weighted by atomic mass is 10.1. The summed E-state index contributed by atoms with van der Waals surface area (Å²) in [7, 11) is 0. The lowest BCUT2D eigenvalue weighted by molar-refractivity contribution is 0.834. The summed E-state index contributed by atoms with van der Waals surface area (Å²) in [4.78, 5) is 17.9. The molecule has 0 aliphatic heterocycles. The second-order valence-electron chi connectivity index (χ2n) is 7.19. The normalized spacial score (nSPS) is 11.4. The van der Waals surface area contributed by atoms with Gasteiger partial charge < -0.3 is 4.57 Å². The van der Waals surface area contributed by atoms with Gasteiger partial charge in [0.05, 0.1) is 23.3 Å². The Bertz CT molecular complexity index is 1410. The van der Waals surface area contributed by atoms with Crippen LogP contribution in [0.3, 0.4) is 0 Å². The van der Waals surface area contributed by atoms with Crippen LogP contribution in [-0.4, -0.2) is 14.0 Å². The minimum absolute atomic E-state index is 0.108. The van der Waals surface area contributed by atoms with Crippen molar-refractivity contribution >= 4 is 28.4 Å². The van der Waals surface area contributed by atoms with E-state index in [1.54, 1.807) is 10.5 Å². The summed E-state index contributed by atoms with van der Waals surface area (Å²) in [5, 5.41) is 0.615. The summed E-state index contributed by atoms with van der Waals surface area (Å²) >= 11 is 6.15. The molecule has 5 rings (SSSR count). The molecular weight excluding hydrogens is 382 g/mol. The molecule has 0 atom stereocenters. The number of benzene rings is 3. The Morgan fingerprint density at radius 1 is 0.897 bits per heavy atom. The molecule has 4 nitrogen and oxygen atoms in total. The molecule has 0 bridgehead atoms. The lowest BCUT2D eigenvalue weighted by Crippen LogP contribution is -2.14. The predicted octanol–water partition coefficient (Wildman–Crippen LogP) is 5.33. The van der Waals surface area contributed by atoms with Gasteiger partial charge in [0.2, 0.25) is 5.78 Å². The molecule has 0 saturated heterocycles.